The molecule has 0 amide bonds. The van der Waals surface area contributed by atoms with Crippen LogP contribution in [0.1, 0.15) is 39.5 Å². The van der Waals surface area contributed by atoms with Gasteiger partial charge in [0, 0.05) is 30.8 Å². The summed E-state index contributed by atoms with van der Waals surface area (Å²) in [5.74, 6) is 0.850. The fourth-order valence-corrected chi connectivity index (χ4v) is 3.59. The maximum atomic E-state index is 5.67. The Labute approximate surface area is 98.3 Å². The van der Waals surface area contributed by atoms with Crippen molar-refractivity contribution in [2.45, 2.75) is 63.3 Å². The lowest BCUT2D eigenvalue weighted by molar-refractivity contribution is 0.0866. The van der Waals surface area contributed by atoms with Crippen LogP contribution >= 0.6 is 0 Å². The van der Waals surface area contributed by atoms with Gasteiger partial charge in [-0.3, -0.25) is 0 Å². The normalized spacial score (nSPS) is 51.4. The van der Waals surface area contributed by atoms with Gasteiger partial charge in [0.2, 0.25) is 0 Å². The predicted octanol–water partition coefficient (Wildman–Crippen LogP) is 1.28. The summed E-state index contributed by atoms with van der Waals surface area (Å²) in [4.78, 5) is 0. The van der Waals surface area contributed by atoms with Crippen LogP contribution in [0.25, 0.3) is 0 Å². The molecule has 0 spiro atoms. The van der Waals surface area contributed by atoms with Crippen LogP contribution in [0.4, 0.5) is 0 Å². The first-order valence-electron chi connectivity index (χ1n) is 6.80. The molecule has 3 saturated heterocycles. The molecule has 3 aliphatic heterocycles. The summed E-state index contributed by atoms with van der Waals surface area (Å²) < 4.78 is 5.67. The molecule has 0 aromatic heterocycles. The van der Waals surface area contributed by atoms with E-state index in [2.05, 4.69) is 24.5 Å². The third-order valence-corrected chi connectivity index (χ3v) is 5.09. The van der Waals surface area contributed by atoms with Gasteiger partial charge in [-0.25, -0.2) is 0 Å². The third kappa shape index (κ3) is 1.79. The molecule has 5 atom stereocenters. The standard InChI is InChI=1S/C13H24N2O/c1-9-13(2,5-6-16-9)14-8-10-7-11-3-4-12(10)15-11/h9-12,14-15H,3-8H2,1-2H3. The Morgan fingerprint density at radius 2 is 2.31 bits per heavy atom. The molecule has 3 aliphatic rings. The second-order valence-electron chi connectivity index (χ2n) is 6.10. The van der Waals surface area contributed by atoms with Crippen molar-refractivity contribution in [3.05, 3.63) is 0 Å². The van der Waals surface area contributed by atoms with Crippen LogP contribution in [0.15, 0.2) is 0 Å². The Kier molecular flexibility index (Phi) is 2.73. The van der Waals surface area contributed by atoms with Crippen LogP contribution < -0.4 is 10.6 Å². The average molecular weight is 224 g/mol. The zero-order valence-corrected chi connectivity index (χ0v) is 10.5. The van der Waals surface area contributed by atoms with E-state index < -0.39 is 0 Å². The van der Waals surface area contributed by atoms with Gasteiger partial charge in [0.15, 0.2) is 0 Å². The highest BCUT2D eigenvalue weighted by Crippen LogP contribution is 2.34. The van der Waals surface area contributed by atoms with Gasteiger partial charge >= 0.3 is 0 Å². The number of hydrogen-bond acceptors (Lipinski definition) is 3. The summed E-state index contributed by atoms with van der Waals surface area (Å²) in [5.41, 5.74) is 0.210. The topological polar surface area (TPSA) is 33.3 Å². The Hall–Kier alpha value is -0.120. The number of hydrogen-bond donors (Lipinski definition) is 2. The summed E-state index contributed by atoms with van der Waals surface area (Å²) in [6.45, 7) is 6.59. The zero-order valence-electron chi connectivity index (χ0n) is 10.5. The van der Waals surface area contributed by atoms with Crippen molar-refractivity contribution >= 4 is 0 Å². The Morgan fingerprint density at radius 1 is 1.44 bits per heavy atom. The number of rotatable bonds is 3. The largest absolute Gasteiger partial charge is 0.377 e. The monoisotopic (exact) mass is 224 g/mol. The fourth-order valence-electron chi connectivity index (χ4n) is 3.59. The van der Waals surface area contributed by atoms with Crippen LogP contribution in [0.2, 0.25) is 0 Å². The van der Waals surface area contributed by atoms with Gasteiger partial charge in [0.05, 0.1) is 6.10 Å². The minimum Gasteiger partial charge on any atom is -0.377 e. The molecule has 0 radical (unpaired) electrons. The van der Waals surface area contributed by atoms with Gasteiger partial charge in [-0.05, 0) is 45.4 Å². The van der Waals surface area contributed by atoms with Crippen LogP contribution in [0.3, 0.4) is 0 Å². The summed E-state index contributed by atoms with van der Waals surface area (Å²) in [7, 11) is 0. The molecule has 92 valence electrons. The van der Waals surface area contributed by atoms with E-state index in [-0.39, 0.29) is 5.54 Å². The van der Waals surface area contributed by atoms with Gasteiger partial charge in [-0.1, -0.05) is 0 Å². The Morgan fingerprint density at radius 3 is 2.88 bits per heavy atom. The summed E-state index contributed by atoms with van der Waals surface area (Å²) in [6, 6.07) is 1.61. The second-order valence-corrected chi connectivity index (χ2v) is 6.10. The maximum Gasteiger partial charge on any atom is 0.0726 e. The molecular formula is C13H24N2O. The molecule has 3 rings (SSSR count). The molecule has 0 aromatic rings. The SMILES string of the molecule is CC1OCCC1(C)NCC1CC2CCC1N2. The van der Waals surface area contributed by atoms with Gasteiger partial charge < -0.3 is 15.4 Å². The van der Waals surface area contributed by atoms with Gasteiger partial charge in [0.25, 0.3) is 0 Å². The first-order chi connectivity index (χ1) is 7.67. The minimum atomic E-state index is 0.210. The lowest BCUT2D eigenvalue weighted by Gasteiger charge is -2.32. The van der Waals surface area contributed by atoms with Crippen LogP contribution in [-0.4, -0.2) is 36.9 Å². The van der Waals surface area contributed by atoms with Crippen molar-refractivity contribution in [1.29, 1.82) is 0 Å². The van der Waals surface area contributed by atoms with Gasteiger partial charge in [0.1, 0.15) is 0 Å². The molecule has 0 aromatic carbocycles. The minimum absolute atomic E-state index is 0.210. The number of nitrogens with one attached hydrogen (secondary N) is 2. The lowest BCUT2D eigenvalue weighted by atomic mass is 9.87. The van der Waals surface area contributed by atoms with E-state index in [0.29, 0.717) is 6.10 Å². The number of ether oxygens (including phenoxy) is 1. The van der Waals surface area contributed by atoms with Crippen LogP contribution in [0, 0.1) is 5.92 Å². The first kappa shape index (κ1) is 11.0. The molecule has 5 unspecified atom stereocenters. The van der Waals surface area contributed by atoms with Crippen molar-refractivity contribution in [2.24, 2.45) is 5.92 Å². The van der Waals surface area contributed by atoms with Crippen molar-refractivity contribution < 1.29 is 4.74 Å². The van der Waals surface area contributed by atoms with E-state index in [1.54, 1.807) is 0 Å². The molecule has 2 bridgehead atoms. The lowest BCUT2D eigenvalue weighted by Crippen LogP contribution is -2.50. The quantitative estimate of drug-likeness (QED) is 0.758. The van der Waals surface area contributed by atoms with Crippen molar-refractivity contribution in [2.75, 3.05) is 13.2 Å². The predicted molar refractivity (Wildman–Crippen MR) is 64.5 cm³/mol. The summed E-state index contributed by atoms with van der Waals surface area (Å²) >= 11 is 0. The molecular weight excluding hydrogens is 200 g/mol. The highest BCUT2D eigenvalue weighted by atomic mass is 16.5. The molecule has 0 saturated carbocycles. The fraction of sp³-hybridized carbons (Fsp3) is 1.00. The van der Waals surface area contributed by atoms with E-state index >= 15 is 0 Å². The molecule has 3 heteroatoms. The summed E-state index contributed by atoms with van der Waals surface area (Å²) in [5, 5.41) is 7.48. The van der Waals surface area contributed by atoms with Crippen molar-refractivity contribution in [3.63, 3.8) is 0 Å². The van der Waals surface area contributed by atoms with E-state index in [9.17, 15) is 0 Å². The average Bonchev–Trinajstić information content (AvgIpc) is 2.93. The molecule has 16 heavy (non-hydrogen) atoms. The highest BCUT2D eigenvalue weighted by molar-refractivity contribution is 5.00. The van der Waals surface area contributed by atoms with Crippen LogP contribution in [-0.2, 0) is 4.74 Å². The zero-order chi connectivity index (χ0) is 11.2. The van der Waals surface area contributed by atoms with Gasteiger partial charge in [-0.2, -0.15) is 0 Å². The maximum absolute atomic E-state index is 5.67. The Balaban J connectivity index is 1.53. The highest BCUT2D eigenvalue weighted by Gasteiger charge is 2.41. The third-order valence-electron chi connectivity index (χ3n) is 5.09. The van der Waals surface area contributed by atoms with E-state index in [1.807, 2.05) is 0 Å². The smallest absolute Gasteiger partial charge is 0.0726 e. The van der Waals surface area contributed by atoms with E-state index in [4.69, 9.17) is 4.74 Å². The molecule has 2 N–H and O–H groups in total. The van der Waals surface area contributed by atoms with Crippen molar-refractivity contribution in [3.8, 4) is 0 Å². The molecule has 0 aliphatic carbocycles. The van der Waals surface area contributed by atoms with E-state index in [0.717, 1.165) is 31.0 Å². The summed E-state index contributed by atoms with van der Waals surface area (Å²) in [6.07, 6.45) is 5.68. The van der Waals surface area contributed by atoms with Gasteiger partial charge in [-0.15, -0.1) is 0 Å². The molecule has 3 heterocycles. The molecule has 3 fully saturated rings. The van der Waals surface area contributed by atoms with Crippen LogP contribution in [0.5, 0.6) is 0 Å². The van der Waals surface area contributed by atoms with E-state index in [1.165, 1.54) is 25.8 Å². The second kappa shape index (κ2) is 3.97. The first-order valence-corrected chi connectivity index (χ1v) is 6.80. The Bertz CT molecular complexity index is 271. The molecule has 3 nitrogen and oxygen atoms in total. The number of fused-ring (bicyclic) bond motifs is 2. The van der Waals surface area contributed by atoms with Crippen molar-refractivity contribution in [1.82, 2.24) is 10.6 Å².